The Morgan fingerprint density at radius 2 is 1.74 bits per heavy atom. The molecule has 2 aromatic carbocycles. The second kappa shape index (κ2) is 5.75. The monoisotopic (exact) mass is 349 g/mol. The van der Waals surface area contributed by atoms with Gasteiger partial charge in [-0.1, -0.05) is 36.4 Å². The summed E-state index contributed by atoms with van der Waals surface area (Å²) in [5.74, 6) is 0. The van der Waals surface area contributed by atoms with E-state index in [0.717, 1.165) is 16.3 Å². The molecule has 5 aromatic rings. The number of para-hydroxylation sites is 2. The smallest absolute Gasteiger partial charge is 0.344 e. The summed E-state index contributed by atoms with van der Waals surface area (Å²) >= 11 is 0. The Bertz CT molecular complexity index is 1460. The molecule has 0 bridgehead atoms. The maximum absolute atomic E-state index is 12.7. The summed E-state index contributed by atoms with van der Waals surface area (Å²) in [6.07, 6.45) is 3.16. The molecule has 0 aliphatic carbocycles. The van der Waals surface area contributed by atoms with Crippen molar-refractivity contribution in [3.8, 4) is 17.2 Å². The number of nitriles is 1. The first kappa shape index (κ1) is 15.2. The van der Waals surface area contributed by atoms with Crippen molar-refractivity contribution in [2.24, 2.45) is 0 Å². The van der Waals surface area contributed by atoms with Gasteiger partial charge in [0.15, 0.2) is 0 Å². The molecule has 0 unspecified atom stereocenters. The zero-order valence-electron chi connectivity index (χ0n) is 14.0. The molecule has 0 saturated heterocycles. The van der Waals surface area contributed by atoms with Crippen molar-refractivity contribution in [2.45, 2.75) is 0 Å². The van der Waals surface area contributed by atoms with Crippen LogP contribution in [0.5, 0.6) is 0 Å². The Morgan fingerprint density at radius 1 is 0.926 bits per heavy atom. The van der Waals surface area contributed by atoms with Gasteiger partial charge in [-0.05, 0) is 18.2 Å². The number of fused-ring (bicyclic) bond motifs is 4. The van der Waals surface area contributed by atoms with Crippen LogP contribution in [0.15, 0.2) is 76.2 Å². The third kappa shape index (κ3) is 2.28. The van der Waals surface area contributed by atoms with Crippen molar-refractivity contribution < 1.29 is 4.42 Å². The summed E-state index contributed by atoms with van der Waals surface area (Å²) in [7, 11) is 0. The lowest BCUT2D eigenvalue weighted by Crippen LogP contribution is -2.05. The van der Waals surface area contributed by atoms with E-state index in [2.05, 4.69) is 16.0 Å². The Hall–Kier alpha value is -4.04. The minimum atomic E-state index is -0.495. The molecule has 3 heterocycles. The van der Waals surface area contributed by atoms with Crippen LogP contribution in [0.4, 0.5) is 0 Å². The summed E-state index contributed by atoms with van der Waals surface area (Å²) in [6, 6.07) is 18.8. The highest BCUT2D eigenvalue weighted by molar-refractivity contribution is 6.09. The van der Waals surface area contributed by atoms with Crippen LogP contribution in [0.1, 0.15) is 5.56 Å². The zero-order valence-corrected chi connectivity index (χ0v) is 14.0. The van der Waals surface area contributed by atoms with Crippen LogP contribution < -0.4 is 5.63 Å². The molecule has 0 N–H and O–H groups in total. The molecule has 5 rings (SSSR count). The van der Waals surface area contributed by atoms with E-state index in [0.29, 0.717) is 33.2 Å². The predicted octanol–water partition coefficient (Wildman–Crippen LogP) is 4.43. The van der Waals surface area contributed by atoms with Crippen molar-refractivity contribution in [3.63, 3.8) is 0 Å². The molecule has 0 aliphatic rings. The minimum Gasteiger partial charge on any atom is -0.422 e. The van der Waals surface area contributed by atoms with Gasteiger partial charge in [-0.15, -0.1) is 0 Å². The number of benzene rings is 2. The first-order chi connectivity index (χ1) is 13.3. The molecule has 5 nitrogen and oxygen atoms in total. The second-order valence-corrected chi connectivity index (χ2v) is 6.18. The van der Waals surface area contributed by atoms with E-state index < -0.39 is 5.63 Å². The Kier molecular flexibility index (Phi) is 3.24. The molecule has 3 aromatic heterocycles. The number of nitrogens with zero attached hydrogens (tertiary/aromatic N) is 3. The van der Waals surface area contributed by atoms with Crippen molar-refractivity contribution in [1.82, 2.24) is 9.97 Å². The van der Waals surface area contributed by atoms with Gasteiger partial charge in [0.25, 0.3) is 0 Å². The van der Waals surface area contributed by atoms with Crippen LogP contribution in [0.25, 0.3) is 43.9 Å². The van der Waals surface area contributed by atoms with Gasteiger partial charge in [-0.25, -0.2) is 4.79 Å². The van der Waals surface area contributed by atoms with Crippen molar-refractivity contribution in [2.75, 3.05) is 0 Å². The van der Waals surface area contributed by atoms with Gasteiger partial charge in [0, 0.05) is 34.1 Å². The van der Waals surface area contributed by atoms with E-state index in [4.69, 9.17) is 4.42 Å². The number of pyridine rings is 2. The van der Waals surface area contributed by atoms with Crippen LogP contribution in [0.3, 0.4) is 0 Å². The first-order valence-electron chi connectivity index (χ1n) is 8.36. The quantitative estimate of drug-likeness (QED) is 0.330. The van der Waals surface area contributed by atoms with E-state index in [-0.39, 0.29) is 0 Å². The SMILES string of the molecule is N#Cc1cnc2c(cnc3ccccc32)c1-c1cc2ccccc2oc1=O. The van der Waals surface area contributed by atoms with Crippen molar-refractivity contribution in [1.29, 1.82) is 5.26 Å². The molecule has 0 spiro atoms. The maximum atomic E-state index is 12.7. The molecule has 0 fully saturated rings. The summed E-state index contributed by atoms with van der Waals surface area (Å²) in [5, 5.41) is 11.9. The fraction of sp³-hybridized carbons (Fsp3) is 0. The molecular weight excluding hydrogens is 338 g/mol. The van der Waals surface area contributed by atoms with Crippen LogP contribution in [-0.2, 0) is 0 Å². The third-order valence-electron chi connectivity index (χ3n) is 4.64. The number of aromatic nitrogens is 2. The zero-order chi connectivity index (χ0) is 18.4. The van der Waals surface area contributed by atoms with Gasteiger partial charge in [0.2, 0.25) is 0 Å². The van der Waals surface area contributed by atoms with Crippen LogP contribution in [-0.4, -0.2) is 9.97 Å². The molecule has 0 atom stereocenters. The lowest BCUT2D eigenvalue weighted by molar-refractivity contribution is 0.563. The first-order valence-corrected chi connectivity index (χ1v) is 8.36. The highest BCUT2D eigenvalue weighted by atomic mass is 16.4. The van der Waals surface area contributed by atoms with Crippen molar-refractivity contribution in [3.05, 3.63) is 83.0 Å². The van der Waals surface area contributed by atoms with E-state index in [1.54, 1.807) is 18.3 Å². The van der Waals surface area contributed by atoms with Gasteiger partial charge in [-0.2, -0.15) is 5.26 Å². The van der Waals surface area contributed by atoms with E-state index in [1.807, 2.05) is 42.5 Å². The summed E-state index contributed by atoms with van der Waals surface area (Å²) < 4.78 is 5.48. The largest absolute Gasteiger partial charge is 0.422 e. The minimum absolute atomic E-state index is 0.308. The normalized spacial score (nSPS) is 11.1. The fourth-order valence-corrected chi connectivity index (χ4v) is 3.40. The van der Waals surface area contributed by atoms with E-state index >= 15 is 0 Å². The van der Waals surface area contributed by atoms with Crippen molar-refractivity contribution >= 4 is 32.8 Å². The van der Waals surface area contributed by atoms with Crippen LogP contribution in [0, 0.1) is 11.3 Å². The Labute approximate surface area is 153 Å². The van der Waals surface area contributed by atoms with Gasteiger partial charge in [-0.3, -0.25) is 9.97 Å². The molecule has 0 saturated carbocycles. The van der Waals surface area contributed by atoms with Gasteiger partial charge >= 0.3 is 5.63 Å². The number of hydrogen-bond donors (Lipinski definition) is 0. The Balaban J connectivity index is 1.95. The summed E-state index contributed by atoms with van der Waals surface area (Å²) in [6.45, 7) is 0. The topological polar surface area (TPSA) is 79.8 Å². The van der Waals surface area contributed by atoms with E-state index in [9.17, 15) is 10.1 Å². The molecule has 0 radical (unpaired) electrons. The molecule has 126 valence electrons. The average Bonchev–Trinajstić information content (AvgIpc) is 2.72. The number of rotatable bonds is 1. The maximum Gasteiger partial charge on any atom is 0.344 e. The highest BCUT2D eigenvalue weighted by Gasteiger charge is 2.17. The van der Waals surface area contributed by atoms with Gasteiger partial charge < -0.3 is 4.42 Å². The molecule has 0 amide bonds. The van der Waals surface area contributed by atoms with Gasteiger partial charge in [0.1, 0.15) is 11.7 Å². The molecule has 0 aliphatic heterocycles. The number of hydrogen-bond acceptors (Lipinski definition) is 5. The lowest BCUT2D eigenvalue weighted by Gasteiger charge is -2.10. The highest BCUT2D eigenvalue weighted by Crippen LogP contribution is 2.33. The standard InChI is InChI=1S/C22H11N3O2/c23-10-14-11-25-21-15-6-2-3-7-18(15)24-12-17(21)20(14)16-9-13-5-1-4-8-19(13)27-22(16)26/h1-9,11-12H. The summed E-state index contributed by atoms with van der Waals surface area (Å²) in [4.78, 5) is 21.6. The average molecular weight is 349 g/mol. The fourth-order valence-electron chi connectivity index (χ4n) is 3.40. The second-order valence-electron chi connectivity index (χ2n) is 6.18. The van der Waals surface area contributed by atoms with Crippen LogP contribution in [0.2, 0.25) is 0 Å². The molecule has 27 heavy (non-hydrogen) atoms. The van der Waals surface area contributed by atoms with Gasteiger partial charge in [0.05, 0.1) is 22.2 Å². The van der Waals surface area contributed by atoms with E-state index in [1.165, 1.54) is 6.20 Å². The van der Waals surface area contributed by atoms with Crippen LogP contribution >= 0.6 is 0 Å². The predicted molar refractivity (Wildman–Crippen MR) is 103 cm³/mol. The summed E-state index contributed by atoms with van der Waals surface area (Å²) in [5.41, 5.74) is 2.65. The molecular formula is C22H11N3O2. The lowest BCUT2D eigenvalue weighted by atomic mass is 9.97. The third-order valence-corrected chi connectivity index (χ3v) is 4.64. The molecule has 5 heteroatoms. The Morgan fingerprint density at radius 3 is 2.63 bits per heavy atom.